The quantitative estimate of drug-likeness (QED) is 0.353. The third kappa shape index (κ3) is 2.98. The zero-order chi connectivity index (χ0) is 14.7. The van der Waals surface area contributed by atoms with E-state index >= 15 is 0 Å². The molecule has 9 nitrogen and oxygen atoms in total. The minimum absolute atomic E-state index is 0.198. The van der Waals surface area contributed by atoms with Crippen molar-refractivity contribution in [2.75, 3.05) is 13.7 Å². The number of aromatic nitrogens is 2. The molecule has 112 valence electrons. The first-order valence-electron chi connectivity index (χ1n) is 5.93. The number of methoxy groups -OCH3 is 1. The van der Waals surface area contributed by atoms with Gasteiger partial charge in [-0.15, -0.1) is 0 Å². The van der Waals surface area contributed by atoms with Crippen LogP contribution in [0.25, 0.3) is 5.70 Å². The summed E-state index contributed by atoms with van der Waals surface area (Å²) >= 11 is 0. The van der Waals surface area contributed by atoms with Gasteiger partial charge in [-0.05, 0) is 0 Å². The van der Waals surface area contributed by atoms with Crippen LogP contribution in [0.2, 0.25) is 0 Å². The standard InChI is InChI=1S/C11H17N3O6/c1-19-8-2-5(14-20-8)11-12-3-6(13-11)9(17)10(18)7(16)4-15/h2-3,7-10,14-18H,4H2,1H3,(H,12,13)/t7-,8?,9-,10-/m1/s1. The van der Waals surface area contributed by atoms with E-state index in [-0.39, 0.29) is 5.69 Å². The molecule has 6 N–H and O–H groups in total. The van der Waals surface area contributed by atoms with Crippen molar-refractivity contribution >= 4 is 5.70 Å². The maximum atomic E-state index is 9.86. The SMILES string of the molecule is COC1C=C(c2ncc([C@@H](O)[C@H](O)[C@H](O)CO)[nH]2)NO1. The summed E-state index contributed by atoms with van der Waals surface area (Å²) in [6.45, 7) is -0.657. The molecule has 1 aliphatic heterocycles. The molecule has 1 aromatic rings. The second-order valence-corrected chi connectivity index (χ2v) is 4.28. The summed E-state index contributed by atoms with van der Waals surface area (Å²) in [6, 6.07) is 0. The number of imidazole rings is 1. The van der Waals surface area contributed by atoms with Gasteiger partial charge in [-0.3, -0.25) is 5.48 Å². The van der Waals surface area contributed by atoms with Gasteiger partial charge in [0.2, 0.25) is 6.29 Å². The van der Waals surface area contributed by atoms with Crippen LogP contribution in [0.3, 0.4) is 0 Å². The van der Waals surface area contributed by atoms with E-state index in [0.29, 0.717) is 11.5 Å². The Bertz CT molecular complexity index is 476. The van der Waals surface area contributed by atoms with Gasteiger partial charge in [0, 0.05) is 13.2 Å². The summed E-state index contributed by atoms with van der Waals surface area (Å²) in [6.07, 6.45) is -1.96. The minimum atomic E-state index is -1.53. The number of hydrogen-bond donors (Lipinski definition) is 6. The number of aliphatic hydroxyl groups is 4. The Morgan fingerprint density at radius 3 is 2.80 bits per heavy atom. The van der Waals surface area contributed by atoms with Gasteiger partial charge in [0.15, 0.2) is 5.82 Å². The number of nitrogens with one attached hydrogen (secondary N) is 2. The Kier molecular flexibility index (Phi) is 4.70. The number of aromatic amines is 1. The lowest BCUT2D eigenvalue weighted by molar-refractivity contribution is -0.106. The van der Waals surface area contributed by atoms with E-state index in [1.807, 2.05) is 0 Å². The largest absolute Gasteiger partial charge is 0.394 e. The fraction of sp³-hybridized carbons (Fsp3) is 0.545. The highest BCUT2D eigenvalue weighted by molar-refractivity contribution is 5.58. The van der Waals surface area contributed by atoms with Crippen LogP contribution in [0.4, 0.5) is 0 Å². The minimum Gasteiger partial charge on any atom is -0.394 e. The first-order valence-corrected chi connectivity index (χ1v) is 5.93. The van der Waals surface area contributed by atoms with Gasteiger partial charge in [-0.2, -0.15) is 0 Å². The maximum absolute atomic E-state index is 9.86. The monoisotopic (exact) mass is 287 g/mol. The van der Waals surface area contributed by atoms with Crippen molar-refractivity contribution in [3.8, 4) is 0 Å². The number of aliphatic hydroxyl groups excluding tert-OH is 4. The van der Waals surface area contributed by atoms with Crippen LogP contribution < -0.4 is 5.48 Å². The van der Waals surface area contributed by atoms with Gasteiger partial charge in [0.25, 0.3) is 0 Å². The third-order valence-corrected chi connectivity index (χ3v) is 2.89. The second kappa shape index (κ2) is 6.31. The molecule has 0 amide bonds. The lowest BCUT2D eigenvalue weighted by Crippen LogP contribution is -2.34. The van der Waals surface area contributed by atoms with E-state index in [2.05, 4.69) is 15.4 Å². The first-order chi connectivity index (χ1) is 9.56. The van der Waals surface area contributed by atoms with Crippen molar-refractivity contribution in [1.29, 1.82) is 0 Å². The van der Waals surface area contributed by atoms with Crippen molar-refractivity contribution in [3.63, 3.8) is 0 Å². The molecule has 1 unspecified atom stereocenters. The van der Waals surface area contributed by atoms with Gasteiger partial charge in [-0.25, -0.2) is 9.82 Å². The Morgan fingerprint density at radius 2 is 2.20 bits per heavy atom. The molecule has 1 aliphatic rings. The van der Waals surface area contributed by atoms with Crippen LogP contribution in [0.15, 0.2) is 12.3 Å². The summed E-state index contributed by atoms with van der Waals surface area (Å²) < 4.78 is 4.95. The van der Waals surface area contributed by atoms with E-state index in [1.54, 1.807) is 6.08 Å². The van der Waals surface area contributed by atoms with E-state index in [0.717, 1.165) is 0 Å². The summed E-state index contributed by atoms with van der Waals surface area (Å²) in [5, 5.41) is 37.5. The fourth-order valence-electron chi connectivity index (χ4n) is 1.69. The number of ether oxygens (including phenoxy) is 1. The van der Waals surface area contributed by atoms with Crippen LogP contribution in [0, 0.1) is 0 Å². The van der Waals surface area contributed by atoms with Gasteiger partial charge >= 0.3 is 0 Å². The zero-order valence-electron chi connectivity index (χ0n) is 10.7. The summed E-state index contributed by atoms with van der Waals surface area (Å²) in [5.74, 6) is 0.379. The average molecular weight is 287 g/mol. The van der Waals surface area contributed by atoms with Crippen molar-refractivity contribution in [2.45, 2.75) is 24.6 Å². The number of nitrogens with zero attached hydrogens (tertiary/aromatic N) is 1. The molecule has 0 bridgehead atoms. The molecular formula is C11H17N3O6. The number of rotatable bonds is 6. The van der Waals surface area contributed by atoms with Crippen LogP contribution in [-0.2, 0) is 9.57 Å². The van der Waals surface area contributed by atoms with E-state index < -0.39 is 31.2 Å². The molecule has 2 heterocycles. The summed E-state index contributed by atoms with van der Waals surface area (Å²) in [4.78, 5) is 11.8. The van der Waals surface area contributed by atoms with Crippen molar-refractivity contribution in [1.82, 2.24) is 15.4 Å². The van der Waals surface area contributed by atoms with Crippen molar-refractivity contribution in [2.24, 2.45) is 0 Å². The van der Waals surface area contributed by atoms with Gasteiger partial charge in [0.05, 0.1) is 18.5 Å². The zero-order valence-corrected chi connectivity index (χ0v) is 10.7. The van der Waals surface area contributed by atoms with E-state index in [9.17, 15) is 15.3 Å². The molecule has 0 radical (unpaired) electrons. The second-order valence-electron chi connectivity index (χ2n) is 4.28. The normalized spacial score (nSPS) is 23.1. The van der Waals surface area contributed by atoms with Crippen LogP contribution in [-0.4, -0.2) is 62.6 Å². The van der Waals surface area contributed by atoms with Crippen LogP contribution in [0.5, 0.6) is 0 Å². The van der Waals surface area contributed by atoms with Gasteiger partial charge in [-0.1, -0.05) is 0 Å². The lowest BCUT2D eigenvalue weighted by Gasteiger charge is -2.20. The summed E-state index contributed by atoms with van der Waals surface area (Å²) in [5.41, 5.74) is 3.32. The van der Waals surface area contributed by atoms with Gasteiger partial charge < -0.3 is 30.1 Å². The van der Waals surface area contributed by atoms with E-state index in [1.165, 1.54) is 13.3 Å². The predicted octanol–water partition coefficient (Wildman–Crippen LogP) is -1.99. The molecule has 1 aromatic heterocycles. The highest BCUT2D eigenvalue weighted by Gasteiger charge is 2.27. The Labute approximate surface area is 114 Å². The first kappa shape index (κ1) is 14.9. The molecule has 0 aliphatic carbocycles. The van der Waals surface area contributed by atoms with Gasteiger partial charge in [0.1, 0.15) is 24.0 Å². The molecule has 0 saturated carbocycles. The highest BCUT2D eigenvalue weighted by Crippen LogP contribution is 2.21. The molecule has 4 atom stereocenters. The van der Waals surface area contributed by atoms with E-state index in [4.69, 9.17) is 14.7 Å². The van der Waals surface area contributed by atoms with Crippen LogP contribution >= 0.6 is 0 Å². The Balaban J connectivity index is 2.09. The molecule has 0 aromatic carbocycles. The average Bonchev–Trinajstić information content (AvgIpc) is 3.12. The van der Waals surface area contributed by atoms with Crippen LogP contribution in [0.1, 0.15) is 17.6 Å². The molecular weight excluding hydrogens is 270 g/mol. The molecule has 0 spiro atoms. The number of H-pyrrole nitrogens is 1. The smallest absolute Gasteiger partial charge is 0.204 e. The molecule has 0 saturated heterocycles. The predicted molar refractivity (Wildman–Crippen MR) is 65.6 cm³/mol. The molecule has 9 heteroatoms. The summed E-state index contributed by atoms with van der Waals surface area (Å²) in [7, 11) is 1.48. The topological polar surface area (TPSA) is 140 Å². The molecule has 20 heavy (non-hydrogen) atoms. The van der Waals surface area contributed by atoms with Crippen molar-refractivity contribution < 1.29 is 30.0 Å². The third-order valence-electron chi connectivity index (χ3n) is 2.89. The lowest BCUT2D eigenvalue weighted by atomic mass is 10.1. The molecule has 0 fully saturated rings. The van der Waals surface area contributed by atoms with Crippen molar-refractivity contribution in [3.05, 3.63) is 23.8 Å². The highest BCUT2D eigenvalue weighted by atomic mass is 16.8. The Hall–Kier alpha value is -1.49. The molecule has 2 rings (SSSR count). The number of hydroxylamine groups is 1. The Morgan fingerprint density at radius 1 is 1.45 bits per heavy atom. The maximum Gasteiger partial charge on any atom is 0.204 e. The number of hydrogen-bond acceptors (Lipinski definition) is 8. The fourth-order valence-corrected chi connectivity index (χ4v) is 1.69.